The van der Waals surface area contributed by atoms with Gasteiger partial charge in [-0.2, -0.15) is 0 Å². The smallest absolute Gasteiger partial charge is 0.257 e. The Bertz CT molecular complexity index is 1000. The van der Waals surface area contributed by atoms with Crippen LogP contribution in [0.3, 0.4) is 0 Å². The van der Waals surface area contributed by atoms with Crippen LogP contribution < -0.4 is 10.6 Å². The van der Waals surface area contributed by atoms with Gasteiger partial charge in [0.25, 0.3) is 5.91 Å². The lowest BCUT2D eigenvalue weighted by Gasteiger charge is -2.24. The first-order valence-electron chi connectivity index (χ1n) is 9.78. The monoisotopic (exact) mass is 423 g/mol. The van der Waals surface area contributed by atoms with E-state index in [1.165, 1.54) is 0 Å². The van der Waals surface area contributed by atoms with Crippen LogP contribution in [0.15, 0.2) is 66.0 Å². The van der Waals surface area contributed by atoms with Crippen LogP contribution in [0.4, 0.5) is 5.69 Å². The third kappa shape index (κ3) is 5.94. The van der Waals surface area contributed by atoms with Crippen LogP contribution in [0.25, 0.3) is 0 Å². The average molecular weight is 424 g/mol. The van der Waals surface area contributed by atoms with E-state index in [1.807, 2.05) is 18.2 Å². The minimum absolute atomic E-state index is 0.0647. The largest absolute Gasteiger partial charge is 0.348 e. The van der Waals surface area contributed by atoms with Crippen LogP contribution in [-0.4, -0.2) is 28.4 Å². The molecule has 0 fully saturated rings. The van der Waals surface area contributed by atoms with Crippen LogP contribution >= 0.6 is 11.6 Å². The molecule has 0 atom stereocenters. The number of carbonyl (C=O) groups excluding carboxylic acids is 1. The molecule has 0 unspecified atom stereocenters. The Morgan fingerprint density at radius 3 is 2.53 bits per heavy atom. The van der Waals surface area contributed by atoms with E-state index in [-0.39, 0.29) is 11.3 Å². The maximum absolute atomic E-state index is 12.7. The van der Waals surface area contributed by atoms with Crippen molar-refractivity contribution in [1.82, 2.24) is 15.3 Å². The Hall–Kier alpha value is -3.12. The second kappa shape index (κ2) is 9.59. The molecule has 1 aromatic heterocycles. The second-order valence-electron chi connectivity index (χ2n) is 7.94. The van der Waals surface area contributed by atoms with Gasteiger partial charge in [-0.15, -0.1) is 0 Å². The standard InChI is InChI=1S/C23H26ClN5O/c1-23(2,3)19-6-4-5-7-20(19)28-22(26-13-12-18-14-25-15-27-18)29-21(30)16-8-10-17(24)11-9-16/h4-11,14-15H,12-13H2,1-3H3,(H,25,27)(H2,26,28,29,30). The molecule has 0 aliphatic carbocycles. The second-order valence-corrected chi connectivity index (χ2v) is 8.38. The van der Waals surface area contributed by atoms with Crippen LogP contribution in [0.1, 0.15) is 42.4 Å². The van der Waals surface area contributed by atoms with Crippen molar-refractivity contribution < 1.29 is 4.79 Å². The van der Waals surface area contributed by atoms with Gasteiger partial charge in [0.15, 0.2) is 0 Å². The molecule has 0 aliphatic heterocycles. The van der Waals surface area contributed by atoms with E-state index in [2.05, 4.69) is 52.4 Å². The number of aromatic amines is 1. The molecular weight excluding hydrogens is 398 g/mol. The van der Waals surface area contributed by atoms with E-state index in [9.17, 15) is 4.79 Å². The molecule has 3 aromatic rings. The molecule has 156 valence electrons. The summed E-state index contributed by atoms with van der Waals surface area (Å²) in [6, 6.07) is 14.8. The predicted molar refractivity (Wildman–Crippen MR) is 122 cm³/mol. The molecule has 2 aromatic carbocycles. The average Bonchev–Trinajstić information content (AvgIpc) is 3.21. The number of aliphatic imine (C=N–C) groups is 1. The fourth-order valence-electron chi connectivity index (χ4n) is 2.97. The SMILES string of the molecule is CC(C)(C)c1ccccc1NC(=NCCc1cnc[nH]1)NC(=O)c1ccc(Cl)cc1. The van der Waals surface area contributed by atoms with Crippen LogP contribution in [0.5, 0.6) is 0 Å². The van der Waals surface area contributed by atoms with Gasteiger partial charge in [0.1, 0.15) is 0 Å². The number of H-pyrrole nitrogens is 1. The van der Waals surface area contributed by atoms with Gasteiger partial charge < -0.3 is 10.3 Å². The van der Waals surface area contributed by atoms with Crippen molar-refractivity contribution >= 4 is 29.2 Å². The maximum Gasteiger partial charge on any atom is 0.257 e. The molecule has 3 N–H and O–H groups in total. The quantitative estimate of drug-likeness (QED) is 0.407. The Balaban J connectivity index is 1.82. The summed E-state index contributed by atoms with van der Waals surface area (Å²) in [4.78, 5) is 24.4. The van der Waals surface area contributed by atoms with Crippen molar-refractivity contribution in [3.8, 4) is 0 Å². The van der Waals surface area contributed by atoms with Crippen molar-refractivity contribution in [2.24, 2.45) is 4.99 Å². The minimum Gasteiger partial charge on any atom is -0.348 e. The summed E-state index contributed by atoms with van der Waals surface area (Å²) in [7, 11) is 0. The van der Waals surface area contributed by atoms with Gasteiger partial charge in [-0.05, 0) is 41.3 Å². The van der Waals surface area contributed by atoms with Crippen molar-refractivity contribution in [3.63, 3.8) is 0 Å². The number of aromatic nitrogens is 2. The lowest BCUT2D eigenvalue weighted by molar-refractivity contribution is 0.0977. The number of anilines is 1. The van der Waals surface area contributed by atoms with Crippen LogP contribution in [-0.2, 0) is 11.8 Å². The van der Waals surface area contributed by atoms with Gasteiger partial charge in [0.2, 0.25) is 5.96 Å². The molecule has 0 radical (unpaired) electrons. The first-order valence-corrected chi connectivity index (χ1v) is 10.2. The van der Waals surface area contributed by atoms with Gasteiger partial charge >= 0.3 is 0 Å². The van der Waals surface area contributed by atoms with Crippen LogP contribution in [0, 0.1) is 0 Å². The van der Waals surface area contributed by atoms with Crippen molar-refractivity contribution in [2.75, 3.05) is 11.9 Å². The summed E-state index contributed by atoms with van der Waals surface area (Å²) >= 11 is 5.93. The first-order chi connectivity index (χ1) is 14.3. The zero-order valence-electron chi connectivity index (χ0n) is 17.4. The Labute approximate surface area is 181 Å². The third-order valence-corrected chi connectivity index (χ3v) is 4.78. The molecule has 0 aliphatic rings. The third-order valence-electron chi connectivity index (χ3n) is 4.53. The summed E-state index contributed by atoms with van der Waals surface area (Å²) in [5.74, 6) is 0.138. The Kier molecular flexibility index (Phi) is 6.90. The zero-order valence-corrected chi connectivity index (χ0v) is 18.1. The van der Waals surface area contributed by atoms with Gasteiger partial charge in [0.05, 0.1) is 6.33 Å². The fourth-order valence-corrected chi connectivity index (χ4v) is 3.10. The molecule has 30 heavy (non-hydrogen) atoms. The summed E-state index contributed by atoms with van der Waals surface area (Å²) in [5.41, 5.74) is 3.46. The van der Waals surface area contributed by atoms with Gasteiger partial charge in [-0.25, -0.2) is 4.98 Å². The molecule has 0 spiro atoms. The molecule has 0 saturated heterocycles. The number of rotatable bonds is 5. The molecule has 7 heteroatoms. The fraction of sp³-hybridized carbons (Fsp3) is 0.261. The molecule has 6 nitrogen and oxygen atoms in total. The lowest BCUT2D eigenvalue weighted by Crippen LogP contribution is -2.37. The van der Waals surface area contributed by atoms with Crippen molar-refractivity contribution in [3.05, 3.63) is 82.9 Å². The number of imidazole rings is 1. The summed E-state index contributed by atoms with van der Waals surface area (Å²) in [5, 5.41) is 6.78. The summed E-state index contributed by atoms with van der Waals surface area (Å²) in [6.07, 6.45) is 4.09. The summed E-state index contributed by atoms with van der Waals surface area (Å²) in [6.45, 7) is 6.93. The number of guanidine groups is 1. The number of carbonyl (C=O) groups is 1. The molecule has 0 saturated carbocycles. The van der Waals surface area contributed by atoms with E-state index in [0.29, 0.717) is 29.5 Å². The molecular formula is C23H26ClN5O. The highest BCUT2D eigenvalue weighted by atomic mass is 35.5. The van der Waals surface area contributed by atoms with E-state index in [1.54, 1.807) is 36.8 Å². The van der Waals surface area contributed by atoms with Crippen LogP contribution in [0.2, 0.25) is 5.02 Å². The van der Waals surface area contributed by atoms with Crippen molar-refractivity contribution in [2.45, 2.75) is 32.6 Å². The Morgan fingerprint density at radius 2 is 1.87 bits per heavy atom. The number of halogens is 1. The number of nitrogens with zero attached hydrogens (tertiary/aromatic N) is 2. The number of nitrogens with one attached hydrogen (secondary N) is 3. The normalized spacial score (nSPS) is 11.9. The number of benzene rings is 2. The van der Waals surface area contributed by atoms with Gasteiger partial charge in [0, 0.05) is 41.1 Å². The molecule has 1 heterocycles. The summed E-state index contributed by atoms with van der Waals surface area (Å²) < 4.78 is 0. The van der Waals surface area contributed by atoms with E-state index >= 15 is 0 Å². The molecule has 1 amide bonds. The van der Waals surface area contributed by atoms with Gasteiger partial charge in [-0.3, -0.25) is 15.1 Å². The predicted octanol–water partition coefficient (Wildman–Crippen LogP) is 4.80. The highest BCUT2D eigenvalue weighted by molar-refractivity contribution is 6.30. The highest BCUT2D eigenvalue weighted by Gasteiger charge is 2.19. The molecule has 0 bridgehead atoms. The van der Waals surface area contributed by atoms with Crippen molar-refractivity contribution in [1.29, 1.82) is 0 Å². The number of hydrogen-bond acceptors (Lipinski definition) is 3. The van der Waals surface area contributed by atoms with Gasteiger partial charge in [-0.1, -0.05) is 50.6 Å². The highest BCUT2D eigenvalue weighted by Crippen LogP contribution is 2.29. The number of para-hydroxylation sites is 1. The zero-order chi connectivity index (χ0) is 21.6. The first kappa shape index (κ1) is 21.6. The van der Waals surface area contributed by atoms with E-state index in [0.717, 1.165) is 16.9 Å². The number of hydrogen-bond donors (Lipinski definition) is 3. The van der Waals surface area contributed by atoms with E-state index in [4.69, 9.17) is 11.6 Å². The topological polar surface area (TPSA) is 82.2 Å². The molecule has 3 rings (SSSR count). The Morgan fingerprint density at radius 1 is 1.13 bits per heavy atom. The maximum atomic E-state index is 12.7. The minimum atomic E-state index is -0.257. The lowest BCUT2D eigenvalue weighted by atomic mass is 9.86. The number of amides is 1. The van der Waals surface area contributed by atoms with E-state index < -0.39 is 0 Å².